The van der Waals surface area contributed by atoms with Crippen LogP contribution in [0.15, 0.2) is 0 Å². The molecule has 0 aliphatic heterocycles. The minimum Gasteiger partial charge on any atom is -0.457 e. The molecule has 0 saturated heterocycles. The van der Waals surface area contributed by atoms with Gasteiger partial charge in [-0.3, -0.25) is 9.59 Å². The number of ether oxygens (including phenoxy) is 3. The lowest BCUT2D eigenvalue weighted by molar-refractivity contribution is -0.175. The molecule has 0 aromatic rings. The molecule has 1 fully saturated rings. The summed E-state index contributed by atoms with van der Waals surface area (Å²) >= 11 is 0. The lowest BCUT2D eigenvalue weighted by atomic mass is 9.84. The van der Waals surface area contributed by atoms with Crippen LogP contribution in [0.2, 0.25) is 0 Å². The minimum atomic E-state index is -0.935. The SMILES string of the molecule is CCCC(=O)OC(OC(=O)NCC1(OC(C)=O)CCCCC1)C(C)C. The van der Waals surface area contributed by atoms with E-state index in [-0.39, 0.29) is 24.9 Å². The Bertz CT molecular complexity index is 456. The van der Waals surface area contributed by atoms with E-state index in [1.54, 1.807) is 13.8 Å². The van der Waals surface area contributed by atoms with E-state index in [0.29, 0.717) is 19.3 Å². The summed E-state index contributed by atoms with van der Waals surface area (Å²) in [4.78, 5) is 35.1. The van der Waals surface area contributed by atoms with Crippen molar-refractivity contribution in [3.63, 3.8) is 0 Å². The van der Waals surface area contributed by atoms with Crippen LogP contribution in [-0.2, 0) is 23.8 Å². The Labute approximate surface area is 149 Å². The average molecular weight is 357 g/mol. The molecule has 1 rings (SSSR count). The topological polar surface area (TPSA) is 90.9 Å². The van der Waals surface area contributed by atoms with Crippen LogP contribution in [0.5, 0.6) is 0 Å². The molecule has 1 unspecified atom stereocenters. The molecule has 1 N–H and O–H groups in total. The van der Waals surface area contributed by atoms with E-state index < -0.39 is 24.0 Å². The van der Waals surface area contributed by atoms with Crippen molar-refractivity contribution in [2.45, 2.75) is 84.5 Å². The van der Waals surface area contributed by atoms with E-state index >= 15 is 0 Å². The van der Waals surface area contributed by atoms with Gasteiger partial charge in [0.05, 0.1) is 6.54 Å². The van der Waals surface area contributed by atoms with Crippen LogP contribution in [-0.4, -0.2) is 36.5 Å². The van der Waals surface area contributed by atoms with Gasteiger partial charge < -0.3 is 19.5 Å². The van der Waals surface area contributed by atoms with E-state index in [9.17, 15) is 14.4 Å². The highest BCUT2D eigenvalue weighted by atomic mass is 16.7. The van der Waals surface area contributed by atoms with E-state index in [2.05, 4.69) is 5.32 Å². The fourth-order valence-corrected chi connectivity index (χ4v) is 2.89. The van der Waals surface area contributed by atoms with Crippen molar-refractivity contribution in [1.82, 2.24) is 5.32 Å². The molecule has 0 heterocycles. The highest BCUT2D eigenvalue weighted by Crippen LogP contribution is 2.31. The van der Waals surface area contributed by atoms with Crippen molar-refractivity contribution in [2.24, 2.45) is 5.92 Å². The van der Waals surface area contributed by atoms with Crippen LogP contribution in [0.3, 0.4) is 0 Å². The number of amides is 1. The van der Waals surface area contributed by atoms with Crippen LogP contribution in [0.1, 0.15) is 72.6 Å². The van der Waals surface area contributed by atoms with Gasteiger partial charge in [-0.2, -0.15) is 0 Å². The van der Waals surface area contributed by atoms with Crippen molar-refractivity contribution in [3.05, 3.63) is 0 Å². The summed E-state index contributed by atoms with van der Waals surface area (Å²) in [6.07, 6.45) is 3.76. The Hall–Kier alpha value is -1.79. The van der Waals surface area contributed by atoms with Gasteiger partial charge >= 0.3 is 18.0 Å². The zero-order valence-electron chi connectivity index (χ0n) is 15.8. The fraction of sp³-hybridized carbons (Fsp3) is 0.833. The predicted octanol–water partition coefficient (Wildman–Crippen LogP) is 3.30. The Morgan fingerprint density at radius 3 is 2.24 bits per heavy atom. The van der Waals surface area contributed by atoms with Crippen LogP contribution in [0, 0.1) is 5.92 Å². The number of nitrogens with one attached hydrogen (secondary N) is 1. The molecule has 1 aliphatic rings. The second kappa shape index (κ2) is 10.3. The summed E-state index contributed by atoms with van der Waals surface area (Å²) in [5.41, 5.74) is -0.671. The molecule has 7 heteroatoms. The van der Waals surface area contributed by atoms with Gasteiger partial charge in [-0.05, 0) is 32.1 Å². The van der Waals surface area contributed by atoms with Crippen molar-refractivity contribution < 1.29 is 28.6 Å². The molecule has 144 valence electrons. The first-order chi connectivity index (χ1) is 11.8. The maximum absolute atomic E-state index is 12.1. The summed E-state index contributed by atoms with van der Waals surface area (Å²) in [6.45, 7) is 7.05. The van der Waals surface area contributed by atoms with Gasteiger partial charge in [0.1, 0.15) is 5.60 Å². The number of hydrogen-bond acceptors (Lipinski definition) is 6. The van der Waals surface area contributed by atoms with Crippen LogP contribution >= 0.6 is 0 Å². The first-order valence-electron chi connectivity index (χ1n) is 9.11. The van der Waals surface area contributed by atoms with E-state index in [1.165, 1.54) is 6.92 Å². The quantitative estimate of drug-likeness (QED) is 0.529. The molecule has 25 heavy (non-hydrogen) atoms. The summed E-state index contributed by atoms with van der Waals surface area (Å²) in [5.74, 6) is -0.910. The van der Waals surface area contributed by atoms with Gasteiger partial charge in [0, 0.05) is 19.3 Å². The molecular formula is C18H31NO6. The highest BCUT2D eigenvalue weighted by Gasteiger charge is 2.36. The maximum Gasteiger partial charge on any atom is 0.410 e. The van der Waals surface area contributed by atoms with Crippen molar-refractivity contribution in [1.29, 1.82) is 0 Å². The normalized spacial score (nSPS) is 17.5. The van der Waals surface area contributed by atoms with Crippen molar-refractivity contribution >= 4 is 18.0 Å². The number of carbonyl (C=O) groups is 3. The molecule has 1 amide bonds. The number of rotatable bonds is 8. The van der Waals surface area contributed by atoms with Crippen molar-refractivity contribution in [3.8, 4) is 0 Å². The van der Waals surface area contributed by atoms with Crippen molar-refractivity contribution in [2.75, 3.05) is 6.54 Å². The Balaban J connectivity index is 2.57. The van der Waals surface area contributed by atoms with Gasteiger partial charge in [0.25, 0.3) is 6.29 Å². The minimum absolute atomic E-state index is 0.163. The third-order valence-corrected chi connectivity index (χ3v) is 4.15. The largest absolute Gasteiger partial charge is 0.457 e. The zero-order valence-corrected chi connectivity index (χ0v) is 15.8. The monoisotopic (exact) mass is 357 g/mol. The molecule has 0 aromatic carbocycles. The molecule has 0 radical (unpaired) electrons. The van der Waals surface area contributed by atoms with E-state index in [1.807, 2.05) is 6.92 Å². The smallest absolute Gasteiger partial charge is 0.410 e. The summed E-state index contributed by atoms with van der Waals surface area (Å²) in [6, 6.07) is 0. The van der Waals surface area contributed by atoms with Crippen LogP contribution in [0.25, 0.3) is 0 Å². The van der Waals surface area contributed by atoms with Crippen LogP contribution < -0.4 is 5.32 Å². The second-order valence-electron chi connectivity index (χ2n) is 6.95. The third kappa shape index (κ3) is 7.75. The number of alkyl carbamates (subject to hydrolysis) is 1. The first kappa shape index (κ1) is 21.3. The number of esters is 2. The molecule has 1 atom stereocenters. The van der Waals surface area contributed by atoms with Gasteiger partial charge in [0.15, 0.2) is 0 Å². The molecule has 0 spiro atoms. The molecule has 1 saturated carbocycles. The van der Waals surface area contributed by atoms with Gasteiger partial charge in [-0.15, -0.1) is 0 Å². The van der Waals surface area contributed by atoms with E-state index in [4.69, 9.17) is 14.2 Å². The standard InChI is InChI=1S/C18H31NO6/c1-5-9-15(21)23-16(13(2)3)24-17(22)19-12-18(25-14(4)20)10-7-6-8-11-18/h13,16H,5-12H2,1-4H3,(H,19,22). The average Bonchev–Trinajstić information content (AvgIpc) is 2.53. The zero-order chi connectivity index (χ0) is 18.9. The first-order valence-corrected chi connectivity index (χ1v) is 9.11. The fourth-order valence-electron chi connectivity index (χ4n) is 2.89. The lowest BCUT2D eigenvalue weighted by Crippen LogP contribution is -2.48. The Morgan fingerprint density at radius 2 is 1.72 bits per heavy atom. The van der Waals surface area contributed by atoms with E-state index in [0.717, 1.165) is 19.3 Å². The van der Waals surface area contributed by atoms with Gasteiger partial charge in [-0.1, -0.05) is 27.2 Å². The summed E-state index contributed by atoms with van der Waals surface area (Å²) < 4.78 is 15.9. The summed E-state index contributed by atoms with van der Waals surface area (Å²) in [5, 5.41) is 2.66. The van der Waals surface area contributed by atoms with Crippen LogP contribution in [0.4, 0.5) is 4.79 Å². The molecule has 0 aromatic heterocycles. The number of carbonyl (C=O) groups excluding carboxylic acids is 3. The maximum atomic E-state index is 12.1. The van der Waals surface area contributed by atoms with Gasteiger partial charge in [0.2, 0.25) is 0 Å². The molecule has 7 nitrogen and oxygen atoms in total. The molecule has 1 aliphatic carbocycles. The third-order valence-electron chi connectivity index (χ3n) is 4.15. The lowest BCUT2D eigenvalue weighted by Gasteiger charge is -2.36. The Morgan fingerprint density at radius 1 is 1.08 bits per heavy atom. The number of hydrogen-bond donors (Lipinski definition) is 1. The highest BCUT2D eigenvalue weighted by molar-refractivity contribution is 5.70. The molecule has 0 bridgehead atoms. The van der Waals surface area contributed by atoms with Gasteiger partial charge in [-0.25, -0.2) is 4.79 Å². The molecular weight excluding hydrogens is 326 g/mol. The summed E-state index contributed by atoms with van der Waals surface area (Å²) in [7, 11) is 0. The Kier molecular flexibility index (Phi) is 8.72. The predicted molar refractivity (Wildman–Crippen MR) is 91.7 cm³/mol. The second-order valence-corrected chi connectivity index (χ2v) is 6.95.